The molecule has 1 saturated carbocycles. The number of ether oxygens (including phenoxy) is 1. The number of nitrogens with one attached hydrogen (secondary N) is 2. The second-order valence-corrected chi connectivity index (χ2v) is 6.45. The summed E-state index contributed by atoms with van der Waals surface area (Å²) in [6.45, 7) is 1.09. The molecule has 6 nitrogen and oxygen atoms in total. The number of rotatable bonds is 7. The normalized spacial score (nSPS) is 16.0. The topological polar surface area (TPSA) is 84.5 Å². The van der Waals surface area contributed by atoms with E-state index in [2.05, 4.69) is 10.6 Å². The molecule has 1 atom stereocenters. The Kier molecular flexibility index (Phi) is 7.86. The lowest BCUT2D eigenvalue weighted by molar-refractivity contribution is -0.143. The quantitative estimate of drug-likeness (QED) is 0.578. The third kappa shape index (κ3) is 7.09. The summed E-state index contributed by atoms with van der Waals surface area (Å²) in [7, 11) is 0. The zero-order valence-electron chi connectivity index (χ0n) is 15.1. The van der Waals surface area contributed by atoms with Gasteiger partial charge in [0.05, 0.1) is 0 Å². The average Bonchev–Trinajstić information content (AvgIpc) is 2.65. The fourth-order valence-corrected chi connectivity index (χ4v) is 2.89. The highest BCUT2D eigenvalue weighted by atomic mass is 16.5. The molecular weight excluding hydrogens is 332 g/mol. The number of carbonyl (C=O) groups excluding carboxylic acids is 3. The van der Waals surface area contributed by atoms with Gasteiger partial charge in [-0.15, -0.1) is 0 Å². The third-order valence-corrected chi connectivity index (χ3v) is 4.26. The van der Waals surface area contributed by atoms with Crippen molar-refractivity contribution in [2.45, 2.75) is 51.1 Å². The summed E-state index contributed by atoms with van der Waals surface area (Å²) < 4.78 is 4.94. The van der Waals surface area contributed by atoms with Crippen LogP contribution in [0.4, 0.5) is 0 Å². The van der Waals surface area contributed by atoms with Crippen LogP contribution in [0, 0.1) is 0 Å². The third-order valence-electron chi connectivity index (χ3n) is 4.26. The van der Waals surface area contributed by atoms with Gasteiger partial charge in [0.15, 0.2) is 0 Å². The molecule has 0 saturated heterocycles. The van der Waals surface area contributed by atoms with Crippen LogP contribution in [0.25, 0.3) is 6.08 Å². The van der Waals surface area contributed by atoms with E-state index in [9.17, 15) is 14.4 Å². The lowest BCUT2D eigenvalue weighted by Gasteiger charge is -2.25. The molecule has 0 spiro atoms. The van der Waals surface area contributed by atoms with Crippen molar-refractivity contribution in [3.63, 3.8) is 0 Å². The first-order chi connectivity index (χ1) is 12.5. The van der Waals surface area contributed by atoms with Crippen LogP contribution in [-0.4, -0.2) is 36.5 Å². The molecule has 0 aromatic heterocycles. The van der Waals surface area contributed by atoms with Gasteiger partial charge in [0.1, 0.15) is 12.6 Å². The number of esters is 1. The van der Waals surface area contributed by atoms with E-state index in [0.29, 0.717) is 0 Å². The Hall–Kier alpha value is -2.63. The maximum Gasteiger partial charge on any atom is 0.302 e. The molecule has 0 heterocycles. The Morgan fingerprint density at radius 2 is 1.85 bits per heavy atom. The summed E-state index contributed by atoms with van der Waals surface area (Å²) in [5.41, 5.74) is 0.880. The molecule has 1 aliphatic rings. The van der Waals surface area contributed by atoms with Crippen LogP contribution in [0.15, 0.2) is 36.4 Å². The highest BCUT2D eigenvalue weighted by Gasteiger charge is 2.24. The zero-order valence-corrected chi connectivity index (χ0v) is 15.1. The van der Waals surface area contributed by atoms with Gasteiger partial charge in [0.2, 0.25) is 11.8 Å². The Balaban J connectivity index is 1.93. The molecule has 0 bridgehead atoms. The van der Waals surface area contributed by atoms with Gasteiger partial charge in [-0.2, -0.15) is 0 Å². The number of carbonyl (C=O) groups is 3. The molecule has 2 amide bonds. The van der Waals surface area contributed by atoms with Crippen molar-refractivity contribution in [1.29, 1.82) is 0 Å². The summed E-state index contributed by atoms with van der Waals surface area (Å²) in [6, 6.07) is 8.59. The highest BCUT2D eigenvalue weighted by molar-refractivity contribution is 5.95. The van der Waals surface area contributed by atoms with Crippen molar-refractivity contribution >= 4 is 23.9 Å². The maximum atomic E-state index is 12.5. The van der Waals surface area contributed by atoms with E-state index in [4.69, 9.17) is 4.74 Å². The minimum Gasteiger partial charge on any atom is -0.463 e. The minimum absolute atomic E-state index is 0.118. The number of hydrogen-bond acceptors (Lipinski definition) is 4. The van der Waals surface area contributed by atoms with Gasteiger partial charge in [-0.1, -0.05) is 49.6 Å². The second-order valence-electron chi connectivity index (χ2n) is 6.45. The molecule has 1 fully saturated rings. The predicted molar refractivity (Wildman–Crippen MR) is 99.1 cm³/mol. The van der Waals surface area contributed by atoms with Crippen LogP contribution in [0.2, 0.25) is 0 Å². The minimum atomic E-state index is -0.909. The van der Waals surface area contributed by atoms with Crippen LogP contribution in [0.1, 0.15) is 44.6 Å². The van der Waals surface area contributed by atoms with E-state index in [0.717, 1.165) is 31.2 Å². The molecule has 1 aliphatic carbocycles. The zero-order chi connectivity index (χ0) is 18.8. The van der Waals surface area contributed by atoms with Crippen molar-refractivity contribution in [2.24, 2.45) is 0 Å². The lowest BCUT2D eigenvalue weighted by atomic mass is 9.95. The van der Waals surface area contributed by atoms with Crippen LogP contribution in [0.5, 0.6) is 0 Å². The van der Waals surface area contributed by atoms with Crippen molar-refractivity contribution in [2.75, 3.05) is 6.61 Å². The van der Waals surface area contributed by atoms with Crippen molar-refractivity contribution < 1.29 is 19.1 Å². The Labute approximate surface area is 154 Å². The van der Waals surface area contributed by atoms with E-state index in [1.54, 1.807) is 6.08 Å². The first kappa shape index (κ1) is 19.7. The Morgan fingerprint density at radius 1 is 1.15 bits per heavy atom. The van der Waals surface area contributed by atoms with Crippen molar-refractivity contribution in [3.8, 4) is 0 Å². The highest BCUT2D eigenvalue weighted by Crippen LogP contribution is 2.17. The molecule has 1 aromatic rings. The van der Waals surface area contributed by atoms with E-state index in [-0.39, 0.29) is 18.6 Å². The summed E-state index contributed by atoms with van der Waals surface area (Å²) in [5.74, 6) is -1.22. The van der Waals surface area contributed by atoms with Gasteiger partial charge in [0.25, 0.3) is 0 Å². The van der Waals surface area contributed by atoms with Gasteiger partial charge in [-0.3, -0.25) is 14.4 Å². The molecule has 26 heavy (non-hydrogen) atoms. The van der Waals surface area contributed by atoms with E-state index < -0.39 is 17.9 Å². The summed E-state index contributed by atoms with van der Waals surface area (Å²) >= 11 is 0. The monoisotopic (exact) mass is 358 g/mol. The summed E-state index contributed by atoms with van der Waals surface area (Å²) in [6.07, 6.45) is 8.27. The number of amides is 2. The molecule has 140 valence electrons. The van der Waals surface area contributed by atoms with E-state index in [1.165, 1.54) is 19.4 Å². The van der Waals surface area contributed by atoms with E-state index in [1.807, 2.05) is 30.3 Å². The standard InChI is InChI=1S/C20H26N2O4/c1-15(23)26-14-18(20(25)21-17-10-6-3-7-11-17)22-19(24)13-12-16-8-4-2-5-9-16/h2,4-5,8-9,12-13,17-18H,3,6-7,10-11,14H2,1H3,(H,21,25)(H,22,24)/b13-12+/t18-/m1/s1. The molecule has 1 aromatic carbocycles. The predicted octanol–water partition coefficient (Wildman–Crippen LogP) is 2.20. The van der Waals surface area contributed by atoms with Crippen LogP contribution >= 0.6 is 0 Å². The summed E-state index contributed by atoms with van der Waals surface area (Å²) in [5, 5.41) is 5.57. The van der Waals surface area contributed by atoms with Gasteiger partial charge in [-0.05, 0) is 24.5 Å². The van der Waals surface area contributed by atoms with E-state index >= 15 is 0 Å². The molecular formula is C20H26N2O4. The van der Waals surface area contributed by atoms with Crippen LogP contribution in [0.3, 0.4) is 0 Å². The molecule has 2 rings (SSSR count). The molecule has 6 heteroatoms. The van der Waals surface area contributed by atoms with Crippen LogP contribution < -0.4 is 10.6 Å². The first-order valence-electron chi connectivity index (χ1n) is 9.02. The Morgan fingerprint density at radius 3 is 2.50 bits per heavy atom. The SMILES string of the molecule is CC(=O)OC[C@@H](NC(=O)/C=C/c1ccccc1)C(=O)NC1CCCCC1. The second kappa shape index (κ2) is 10.4. The van der Waals surface area contributed by atoms with Gasteiger partial charge in [0, 0.05) is 19.0 Å². The van der Waals surface area contributed by atoms with Crippen molar-refractivity contribution in [1.82, 2.24) is 10.6 Å². The fourth-order valence-electron chi connectivity index (χ4n) is 2.89. The smallest absolute Gasteiger partial charge is 0.302 e. The Bertz CT molecular complexity index is 636. The fraction of sp³-hybridized carbons (Fsp3) is 0.450. The molecule has 2 N–H and O–H groups in total. The maximum absolute atomic E-state index is 12.5. The number of benzene rings is 1. The van der Waals surface area contributed by atoms with Gasteiger partial charge in [-0.25, -0.2) is 0 Å². The lowest BCUT2D eigenvalue weighted by Crippen LogP contribution is -2.52. The summed E-state index contributed by atoms with van der Waals surface area (Å²) in [4.78, 5) is 35.7. The average molecular weight is 358 g/mol. The first-order valence-corrected chi connectivity index (χ1v) is 9.02. The molecule has 0 unspecified atom stereocenters. The molecule has 0 radical (unpaired) electrons. The van der Waals surface area contributed by atoms with Crippen molar-refractivity contribution in [3.05, 3.63) is 42.0 Å². The molecule has 0 aliphatic heterocycles. The van der Waals surface area contributed by atoms with Gasteiger partial charge >= 0.3 is 5.97 Å². The largest absolute Gasteiger partial charge is 0.463 e. The van der Waals surface area contributed by atoms with Gasteiger partial charge < -0.3 is 15.4 Å². The number of hydrogen-bond donors (Lipinski definition) is 2. The van der Waals surface area contributed by atoms with Crippen LogP contribution in [-0.2, 0) is 19.1 Å².